The van der Waals surface area contributed by atoms with Gasteiger partial charge in [0.25, 0.3) is 0 Å². The van der Waals surface area contributed by atoms with Gasteiger partial charge in [-0.2, -0.15) is 0 Å². The van der Waals surface area contributed by atoms with E-state index >= 15 is 0 Å². The monoisotopic (exact) mass is 268 g/mol. The van der Waals surface area contributed by atoms with E-state index in [1.54, 1.807) is 4.90 Å². The van der Waals surface area contributed by atoms with Gasteiger partial charge in [0.15, 0.2) is 0 Å². The van der Waals surface area contributed by atoms with E-state index in [1.807, 2.05) is 6.07 Å². The van der Waals surface area contributed by atoms with Crippen LogP contribution in [0.2, 0.25) is 5.02 Å². The summed E-state index contributed by atoms with van der Waals surface area (Å²) in [6.07, 6.45) is 3.89. The van der Waals surface area contributed by atoms with Crippen molar-refractivity contribution < 1.29 is 9.64 Å². The molecule has 1 aliphatic rings. The zero-order valence-corrected chi connectivity index (χ0v) is 12.1. The van der Waals surface area contributed by atoms with Gasteiger partial charge in [-0.1, -0.05) is 17.7 Å². The minimum atomic E-state index is 0.737. The van der Waals surface area contributed by atoms with E-state index in [4.69, 9.17) is 16.3 Å². The van der Waals surface area contributed by atoms with Crippen LogP contribution in [0.15, 0.2) is 12.1 Å². The standard InChI is InChI=1S/C15H22ClNO/c1-12-10-13(2)15(14(16)11-12)18-9-5-8-17-6-3-4-7-17/h10-11H,3-9H2,1-2H3/p+1. The molecule has 18 heavy (non-hydrogen) atoms. The Balaban J connectivity index is 1.79. The Kier molecular flexibility index (Phi) is 4.90. The lowest BCUT2D eigenvalue weighted by Gasteiger charge is -2.14. The molecule has 1 aliphatic heterocycles. The number of hydrogen-bond acceptors (Lipinski definition) is 1. The summed E-state index contributed by atoms with van der Waals surface area (Å²) in [4.78, 5) is 1.73. The first-order valence-electron chi connectivity index (χ1n) is 6.90. The number of hydrogen-bond donors (Lipinski definition) is 1. The van der Waals surface area contributed by atoms with Gasteiger partial charge in [-0.15, -0.1) is 0 Å². The molecule has 1 N–H and O–H groups in total. The first kappa shape index (κ1) is 13.7. The Hall–Kier alpha value is -0.730. The lowest BCUT2D eigenvalue weighted by Crippen LogP contribution is -3.10. The van der Waals surface area contributed by atoms with E-state index in [-0.39, 0.29) is 0 Å². The van der Waals surface area contributed by atoms with Crippen LogP contribution in [-0.4, -0.2) is 26.2 Å². The summed E-state index contributed by atoms with van der Waals surface area (Å²) in [5.74, 6) is 0.860. The van der Waals surface area contributed by atoms with E-state index in [9.17, 15) is 0 Å². The second-order valence-corrected chi connectivity index (χ2v) is 5.71. The number of ether oxygens (including phenoxy) is 1. The van der Waals surface area contributed by atoms with Crippen molar-refractivity contribution in [3.05, 3.63) is 28.3 Å². The molecule has 0 bridgehead atoms. The molecule has 2 nitrogen and oxygen atoms in total. The fourth-order valence-corrected chi connectivity index (χ4v) is 3.08. The maximum absolute atomic E-state index is 6.21. The Bertz CT molecular complexity index is 376. The van der Waals surface area contributed by atoms with Crippen molar-refractivity contribution in [2.75, 3.05) is 26.2 Å². The van der Waals surface area contributed by atoms with Gasteiger partial charge < -0.3 is 9.64 Å². The predicted octanol–water partition coefficient (Wildman–Crippen LogP) is 2.40. The van der Waals surface area contributed by atoms with Gasteiger partial charge in [-0.3, -0.25) is 0 Å². The predicted molar refractivity (Wildman–Crippen MR) is 75.8 cm³/mol. The van der Waals surface area contributed by atoms with Crippen molar-refractivity contribution in [3.63, 3.8) is 0 Å². The zero-order chi connectivity index (χ0) is 13.0. The van der Waals surface area contributed by atoms with Crippen LogP contribution in [0.4, 0.5) is 0 Å². The molecule has 100 valence electrons. The van der Waals surface area contributed by atoms with Crippen LogP contribution in [0.1, 0.15) is 30.4 Å². The molecule has 1 saturated heterocycles. The molecule has 0 aromatic heterocycles. The number of nitrogens with one attached hydrogen (secondary N) is 1. The normalized spacial score (nSPS) is 16.2. The van der Waals surface area contributed by atoms with Crippen molar-refractivity contribution >= 4 is 11.6 Å². The smallest absolute Gasteiger partial charge is 0.140 e. The highest BCUT2D eigenvalue weighted by atomic mass is 35.5. The molecule has 0 spiro atoms. The summed E-state index contributed by atoms with van der Waals surface area (Å²) in [6.45, 7) is 8.78. The average molecular weight is 269 g/mol. The molecule has 1 aromatic rings. The second kappa shape index (κ2) is 6.44. The number of benzene rings is 1. The van der Waals surface area contributed by atoms with Gasteiger partial charge >= 0.3 is 0 Å². The molecule has 0 atom stereocenters. The molecule has 0 amide bonds. The fourth-order valence-electron chi connectivity index (χ4n) is 2.71. The lowest BCUT2D eigenvalue weighted by atomic mass is 10.1. The van der Waals surface area contributed by atoms with Gasteiger partial charge in [-0.25, -0.2) is 0 Å². The molecule has 1 aromatic carbocycles. The molecule has 0 saturated carbocycles. The van der Waals surface area contributed by atoms with E-state index in [0.29, 0.717) is 0 Å². The summed E-state index contributed by atoms with van der Waals surface area (Å²) in [6, 6.07) is 4.09. The van der Waals surface area contributed by atoms with Gasteiger partial charge in [0, 0.05) is 19.3 Å². The topological polar surface area (TPSA) is 13.7 Å². The minimum absolute atomic E-state index is 0.737. The first-order chi connectivity index (χ1) is 8.66. The van der Waals surface area contributed by atoms with Gasteiger partial charge in [0.1, 0.15) is 5.75 Å². The number of halogens is 1. The summed E-state index contributed by atoms with van der Waals surface area (Å²) in [7, 11) is 0. The molecule has 1 fully saturated rings. The minimum Gasteiger partial charge on any atom is -0.492 e. The van der Waals surface area contributed by atoms with Crippen LogP contribution in [-0.2, 0) is 0 Å². The Morgan fingerprint density at radius 1 is 1.22 bits per heavy atom. The van der Waals surface area contributed by atoms with Crippen molar-refractivity contribution in [1.82, 2.24) is 0 Å². The number of quaternary nitrogens is 1. The summed E-state index contributed by atoms with van der Waals surface area (Å²) in [5, 5.41) is 0.737. The van der Waals surface area contributed by atoms with Gasteiger partial charge in [-0.05, 0) is 31.0 Å². The summed E-state index contributed by atoms with van der Waals surface area (Å²) in [5.41, 5.74) is 2.32. The molecule has 0 aliphatic carbocycles. The third kappa shape index (κ3) is 3.63. The highest BCUT2D eigenvalue weighted by Crippen LogP contribution is 2.29. The highest BCUT2D eigenvalue weighted by Gasteiger charge is 2.14. The van der Waals surface area contributed by atoms with Crippen molar-refractivity contribution in [2.24, 2.45) is 0 Å². The van der Waals surface area contributed by atoms with E-state index < -0.39 is 0 Å². The Morgan fingerprint density at radius 2 is 1.94 bits per heavy atom. The number of aryl methyl sites for hydroxylation is 2. The second-order valence-electron chi connectivity index (χ2n) is 5.30. The van der Waals surface area contributed by atoms with Crippen LogP contribution in [0.5, 0.6) is 5.75 Å². The van der Waals surface area contributed by atoms with Gasteiger partial charge in [0.05, 0.1) is 31.3 Å². The van der Waals surface area contributed by atoms with Crippen LogP contribution >= 0.6 is 11.6 Å². The molecule has 3 heteroatoms. The summed E-state index contributed by atoms with van der Waals surface area (Å²) < 4.78 is 5.84. The Labute approximate surface area is 115 Å². The first-order valence-corrected chi connectivity index (χ1v) is 7.28. The molecular weight excluding hydrogens is 246 g/mol. The van der Waals surface area contributed by atoms with E-state index in [0.717, 1.165) is 29.4 Å². The molecule has 1 heterocycles. The highest BCUT2D eigenvalue weighted by molar-refractivity contribution is 6.32. The maximum Gasteiger partial charge on any atom is 0.140 e. The van der Waals surface area contributed by atoms with Crippen LogP contribution in [0, 0.1) is 13.8 Å². The zero-order valence-electron chi connectivity index (χ0n) is 11.4. The molecule has 0 unspecified atom stereocenters. The lowest BCUT2D eigenvalue weighted by molar-refractivity contribution is -0.887. The largest absolute Gasteiger partial charge is 0.492 e. The summed E-state index contributed by atoms with van der Waals surface area (Å²) >= 11 is 6.21. The number of rotatable bonds is 5. The molecular formula is C15H23ClNO+. The van der Waals surface area contributed by atoms with Crippen LogP contribution in [0.25, 0.3) is 0 Å². The number of likely N-dealkylation sites (tertiary alicyclic amines) is 1. The van der Waals surface area contributed by atoms with Crippen LogP contribution < -0.4 is 9.64 Å². The molecule has 0 radical (unpaired) electrons. The average Bonchev–Trinajstić information content (AvgIpc) is 2.79. The Morgan fingerprint density at radius 3 is 2.61 bits per heavy atom. The van der Waals surface area contributed by atoms with Crippen molar-refractivity contribution in [3.8, 4) is 5.75 Å². The van der Waals surface area contributed by atoms with Crippen molar-refractivity contribution in [1.29, 1.82) is 0 Å². The van der Waals surface area contributed by atoms with Gasteiger partial charge in [0.2, 0.25) is 0 Å². The third-order valence-electron chi connectivity index (χ3n) is 3.61. The van der Waals surface area contributed by atoms with Crippen LogP contribution in [0.3, 0.4) is 0 Å². The van der Waals surface area contributed by atoms with E-state index in [1.165, 1.54) is 38.0 Å². The molecule has 2 rings (SSSR count). The maximum atomic E-state index is 6.21. The van der Waals surface area contributed by atoms with Crippen molar-refractivity contribution in [2.45, 2.75) is 33.1 Å². The van der Waals surface area contributed by atoms with E-state index in [2.05, 4.69) is 19.9 Å². The third-order valence-corrected chi connectivity index (χ3v) is 3.89. The fraction of sp³-hybridized carbons (Fsp3) is 0.600. The SMILES string of the molecule is Cc1cc(C)c(OCCC[NH+]2CCCC2)c(Cl)c1. The quantitative estimate of drug-likeness (QED) is 0.810.